The molecule has 1 aromatic heterocycles. The predicted molar refractivity (Wildman–Crippen MR) is 76.2 cm³/mol. The van der Waals surface area contributed by atoms with Crippen LogP contribution in [-0.2, 0) is 17.8 Å². The largest absolute Gasteiger partial charge is 0.388 e. The lowest BCUT2D eigenvalue weighted by molar-refractivity contribution is 0.158. The molecule has 0 spiro atoms. The lowest BCUT2D eigenvalue weighted by atomic mass is 10.0. The van der Waals surface area contributed by atoms with Gasteiger partial charge in [-0.15, -0.1) is 0 Å². The van der Waals surface area contributed by atoms with Crippen LogP contribution in [0.1, 0.15) is 42.9 Å². The van der Waals surface area contributed by atoms with Gasteiger partial charge in [0, 0.05) is 19.6 Å². The van der Waals surface area contributed by atoms with Crippen LogP contribution in [0, 0.1) is 0 Å². The van der Waals surface area contributed by atoms with Crippen molar-refractivity contribution in [3.8, 4) is 0 Å². The third-order valence-corrected chi connectivity index (χ3v) is 3.23. The number of aromatic nitrogens is 3. The van der Waals surface area contributed by atoms with E-state index in [0.29, 0.717) is 13.0 Å². The summed E-state index contributed by atoms with van der Waals surface area (Å²) in [5.41, 5.74) is 1.88. The fourth-order valence-corrected chi connectivity index (χ4v) is 2.28. The Hall–Kier alpha value is -1.72. The molecule has 108 valence electrons. The van der Waals surface area contributed by atoms with Crippen LogP contribution in [0.15, 0.2) is 30.6 Å². The van der Waals surface area contributed by atoms with Crippen LogP contribution in [0.2, 0.25) is 0 Å². The van der Waals surface area contributed by atoms with Gasteiger partial charge in [0.2, 0.25) is 0 Å². The molecule has 0 saturated carbocycles. The van der Waals surface area contributed by atoms with E-state index in [4.69, 9.17) is 4.74 Å². The highest BCUT2D eigenvalue weighted by atomic mass is 16.5. The van der Waals surface area contributed by atoms with Crippen molar-refractivity contribution in [1.82, 2.24) is 14.8 Å². The molecular weight excluding hydrogens is 254 g/mol. The van der Waals surface area contributed by atoms with Crippen molar-refractivity contribution in [3.63, 3.8) is 0 Å². The van der Waals surface area contributed by atoms with Gasteiger partial charge in [0.1, 0.15) is 12.2 Å². The van der Waals surface area contributed by atoms with Crippen LogP contribution < -0.4 is 0 Å². The number of nitrogens with zero attached hydrogens (tertiary/aromatic N) is 3. The number of hydrogen-bond acceptors (Lipinski definition) is 4. The lowest BCUT2D eigenvalue weighted by Gasteiger charge is -2.16. The molecule has 0 amide bonds. The molecule has 2 rings (SSSR count). The highest BCUT2D eigenvalue weighted by molar-refractivity contribution is 5.29. The average Bonchev–Trinajstić information content (AvgIpc) is 2.88. The molecule has 0 radical (unpaired) electrons. The van der Waals surface area contributed by atoms with Crippen LogP contribution >= 0.6 is 0 Å². The number of aliphatic hydroxyl groups is 1. The van der Waals surface area contributed by atoms with E-state index >= 15 is 0 Å². The number of methoxy groups -OCH3 is 1. The molecule has 0 aliphatic carbocycles. The minimum atomic E-state index is -0.608. The average molecular weight is 275 g/mol. The molecule has 1 heterocycles. The van der Waals surface area contributed by atoms with Gasteiger partial charge in [-0.3, -0.25) is 0 Å². The summed E-state index contributed by atoms with van der Waals surface area (Å²) in [6.07, 6.45) is 1.37. The van der Waals surface area contributed by atoms with Crippen molar-refractivity contribution in [2.45, 2.75) is 39.0 Å². The lowest BCUT2D eigenvalue weighted by Crippen LogP contribution is -2.13. The zero-order valence-corrected chi connectivity index (χ0v) is 12.2. The zero-order valence-electron chi connectivity index (χ0n) is 12.2. The Morgan fingerprint density at radius 1 is 1.30 bits per heavy atom. The van der Waals surface area contributed by atoms with E-state index in [1.807, 2.05) is 42.8 Å². The third kappa shape index (κ3) is 3.23. The van der Waals surface area contributed by atoms with Gasteiger partial charge in [0.05, 0.1) is 12.7 Å². The second-order valence-corrected chi connectivity index (χ2v) is 5.07. The fraction of sp³-hybridized carbons (Fsp3) is 0.467. The summed E-state index contributed by atoms with van der Waals surface area (Å²) >= 11 is 0. The summed E-state index contributed by atoms with van der Waals surface area (Å²) in [4.78, 5) is 4.24. The summed E-state index contributed by atoms with van der Waals surface area (Å²) in [6, 6.07) is 7.99. The van der Waals surface area contributed by atoms with Crippen molar-refractivity contribution in [3.05, 3.63) is 47.5 Å². The molecule has 2 aromatic rings. The normalized spacial score (nSPS) is 12.8. The van der Waals surface area contributed by atoms with Crippen LogP contribution in [0.3, 0.4) is 0 Å². The monoisotopic (exact) mass is 275 g/mol. The molecule has 1 atom stereocenters. The first kappa shape index (κ1) is 14.7. The maximum atomic E-state index is 10.5. The summed E-state index contributed by atoms with van der Waals surface area (Å²) in [6.45, 7) is 4.58. The zero-order chi connectivity index (χ0) is 14.5. The molecule has 0 aliphatic heterocycles. The second-order valence-electron chi connectivity index (χ2n) is 5.07. The van der Waals surface area contributed by atoms with Gasteiger partial charge in [-0.1, -0.05) is 24.3 Å². The van der Waals surface area contributed by atoms with E-state index in [1.165, 1.54) is 6.33 Å². The Bertz CT molecular complexity index is 552. The van der Waals surface area contributed by atoms with Crippen LogP contribution in [0.4, 0.5) is 0 Å². The van der Waals surface area contributed by atoms with Crippen molar-refractivity contribution >= 4 is 0 Å². The number of ether oxygens (including phenoxy) is 1. The highest BCUT2D eigenvalue weighted by Crippen LogP contribution is 2.22. The second kappa shape index (κ2) is 6.63. The summed E-state index contributed by atoms with van der Waals surface area (Å²) < 4.78 is 7.01. The van der Waals surface area contributed by atoms with E-state index in [0.717, 1.165) is 17.0 Å². The molecule has 5 nitrogen and oxygen atoms in total. The van der Waals surface area contributed by atoms with Crippen molar-refractivity contribution in [2.75, 3.05) is 7.11 Å². The third-order valence-electron chi connectivity index (χ3n) is 3.23. The summed E-state index contributed by atoms with van der Waals surface area (Å²) in [5.74, 6) is 0.791. The Labute approximate surface area is 119 Å². The van der Waals surface area contributed by atoms with E-state index in [2.05, 4.69) is 10.1 Å². The van der Waals surface area contributed by atoms with Gasteiger partial charge in [-0.25, -0.2) is 9.67 Å². The van der Waals surface area contributed by atoms with E-state index < -0.39 is 6.10 Å². The molecule has 0 aliphatic rings. The maximum Gasteiger partial charge on any atom is 0.138 e. The minimum absolute atomic E-state index is 0.230. The quantitative estimate of drug-likeness (QED) is 0.878. The Morgan fingerprint density at radius 3 is 2.75 bits per heavy atom. The molecule has 1 N–H and O–H groups in total. The number of rotatable bonds is 6. The van der Waals surface area contributed by atoms with Gasteiger partial charge >= 0.3 is 0 Å². The molecule has 20 heavy (non-hydrogen) atoms. The topological polar surface area (TPSA) is 60.2 Å². The Kier molecular flexibility index (Phi) is 4.87. The molecule has 1 aromatic carbocycles. The van der Waals surface area contributed by atoms with Gasteiger partial charge in [-0.2, -0.15) is 5.10 Å². The molecule has 0 saturated heterocycles. The van der Waals surface area contributed by atoms with Crippen molar-refractivity contribution in [1.29, 1.82) is 0 Å². The number of hydrogen-bond donors (Lipinski definition) is 1. The Morgan fingerprint density at radius 2 is 2.05 bits per heavy atom. The molecule has 0 fully saturated rings. The predicted octanol–water partition coefficient (Wildman–Crippen LogP) is 2.28. The highest BCUT2D eigenvalue weighted by Gasteiger charge is 2.17. The molecule has 0 bridgehead atoms. The SMILES string of the molecule is COCc1ccccc1C(O)Cc1ncnn1C(C)C. The molecular formula is C15H21N3O2. The first-order valence-corrected chi connectivity index (χ1v) is 6.76. The number of benzene rings is 1. The van der Waals surface area contributed by atoms with Gasteiger partial charge in [0.15, 0.2) is 0 Å². The van der Waals surface area contributed by atoms with Gasteiger partial charge < -0.3 is 9.84 Å². The Balaban J connectivity index is 2.19. The van der Waals surface area contributed by atoms with Crippen molar-refractivity contribution in [2.24, 2.45) is 0 Å². The van der Waals surface area contributed by atoms with Crippen LogP contribution in [0.5, 0.6) is 0 Å². The number of aliphatic hydroxyl groups excluding tert-OH is 1. The fourth-order valence-electron chi connectivity index (χ4n) is 2.28. The molecule has 5 heteroatoms. The summed E-state index contributed by atoms with van der Waals surface area (Å²) in [5, 5.41) is 14.7. The first-order valence-electron chi connectivity index (χ1n) is 6.76. The minimum Gasteiger partial charge on any atom is -0.388 e. The van der Waals surface area contributed by atoms with E-state index in [9.17, 15) is 5.11 Å². The first-order chi connectivity index (χ1) is 9.63. The van der Waals surface area contributed by atoms with Crippen molar-refractivity contribution < 1.29 is 9.84 Å². The smallest absolute Gasteiger partial charge is 0.138 e. The summed E-state index contributed by atoms with van der Waals surface area (Å²) in [7, 11) is 1.65. The maximum absolute atomic E-state index is 10.5. The van der Waals surface area contributed by atoms with E-state index in [-0.39, 0.29) is 6.04 Å². The van der Waals surface area contributed by atoms with Gasteiger partial charge in [0.25, 0.3) is 0 Å². The van der Waals surface area contributed by atoms with Gasteiger partial charge in [-0.05, 0) is 25.0 Å². The standard InChI is InChI=1S/C15H21N3O2/c1-11(2)18-15(16-10-17-18)8-14(19)13-7-5-4-6-12(13)9-20-3/h4-7,10-11,14,19H,8-9H2,1-3H3. The van der Waals surface area contributed by atoms with E-state index in [1.54, 1.807) is 7.11 Å². The molecule has 1 unspecified atom stereocenters. The van der Waals surface area contributed by atoms with Crippen LogP contribution in [0.25, 0.3) is 0 Å². The van der Waals surface area contributed by atoms with Crippen LogP contribution in [-0.4, -0.2) is 27.0 Å².